The standard InChI is InChI=1S/C19H22N2O/c1-12-5-4-7-14-15-8-10-21-16(22)11-13-6-2-3-9-19(13,21)18(15)20-17(12)14/h4-5,7,13,20H,2-3,6,8-11H2,1H3/t13-,19-/m1/s1. The topological polar surface area (TPSA) is 36.1 Å². The van der Waals surface area contributed by atoms with E-state index in [4.69, 9.17) is 0 Å². The molecule has 3 heteroatoms. The van der Waals surface area contributed by atoms with Crippen LogP contribution in [0.1, 0.15) is 48.9 Å². The number of nitrogens with one attached hydrogen (secondary N) is 1. The number of H-pyrrole nitrogens is 1. The number of carbonyl (C=O) groups excluding carboxylic acids is 1. The van der Waals surface area contributed by atoms with Gasteiger partial charge in [0.05, 0.1) is 5.54 Å². The Bertz CT molecular complexity index is 790. The Kier molecular flexibility index (Phi) is 2.41. The van der Waals surface area contributed by atoms with Crippen LogP contribution in [0.25, 0.3) is 10.9 Å². The van der Waals surface area contributed by atoms with E-state index in [1.54, 1.807) is 0 Å². The molecule has 1 spiro atoms. The maximum absolute atomic E-state index is 12.6. The molecule has 1 saturated heterocycles. The Balaban J connectivity index is 1.82. The number of rotatable bonds is 0. The molecule has 2 aromatic rings. The predicted octanol–water partition coefficient (Wildman–Crippen LogP) is 3.65. The molecule has 3 heterocycles. The highest BCUT2D eigenvalue weighted by Crippen LogP contribution is 2.55. The van der Waals surface area contributed by atoms with E-state index >= 15 is 0 Å². The van der Waals surface area contributed by atoms with Crippen molar-refractivity contribution in [2.75, 3.05) is 6.54 Å². The van der Waals surface area contributed by atoms with E-state index in [2.05, 4.69) is 35.0 Å². The fraction of sp³-hybridized carbons (Fsp3) is 0.526. The minimum Gasteiger partial charge on any atom is -0.356 e. The smallest absolute Gasteiger partial charge is 0.223 e. The zero-order valence-electron chi connectivity index (χ0n) is 13.1. The van der Waals surface area contributed by atoms with Crippen LogP contribution in [-0.2, 0) is 16.8 Å². The maximum atomic E-state index is 12.6. The molecule has 1 aromatic heterocycles. The molecule has 1 saturated carbocycles. The van der Waals surface area contributed by atoms with Gasteiger partial charge >= 0.3 is 0 Å². The first kappa shape index (κ1) is 12.7. The Morgan fingerprint density at radius 3 is 3.14 bits per heavy atom. The van der Waals surface area contributed by atoms with E-state index in [-0.39, 0.29) is 5.54 Å². The summed E-state index contributed by atoms with van der Waals surface area (Å²) in [7, 11) is 0. The zero-order valence-corrected chi connectivity index (χ0v) is 13.1. The van der Waals surface area contributed by atoms with Crippen molar-refractivity contribution in [3.63, 3.8) is 0 Å². The van der Waals surface area contributed by atoms with Crippen LogP contribution in [0.2, 0.25) is 0 Å². The van der Waals surface area contributed by atoms with Crippen LogP contribution in [-0.4, -0.2) is 22.3 Å². The molecular weight excluding hydrogens is 272 g/mol. The van der Waals surface area contributed by atoms with E-state index in [1.165, 1.54) is 47.0 Å². The highest BCUT2D eigenvalue weighted by atomic mass is 16.2. The third-order valence-corrected chi connectivity index (χ3v) is 6.41. The van der Waals surface area contributed by atoms with Gasteiger partial charge in [-0.15, -0.1) is 0 Å². The summed E-state index contributed by atoms with van der Waals surface area (Å²) in [5.74, 6) is 0.897. The number of carbonyl (C=O) groups is 1. The molecule has 2 atom stereocenters. The molecule has 3 aliphatic rings. The Labute approximate surface area is 130 Å². The number of aryl methyl sites for hydroxylation is 1. The van der Waals surface area contributed by atoms with Gasteiger partial charge in [-0.2, -0.15) is 0 Å². The second-order valence-corrected chi connectivity index (χ2v) is 7.34. The summed E-state index contributed by atoms with van der Waals surface area (Å²) in [4.78, 5) is 18.6. The average molecular weight is 294 g/mol. The second kappa shape index (κ2) is 4.15. The first-order valence-corrected chi connectivity index (χ1v) is 8.63. The number of benzene rings is 1. The molecule has 114 valence electrons. The summed E-state index contributed by atoms with van der Waals surface area (Å²) in [6, 6.07) is 6.59. The molecule has 0 unspecified atom stereocenters. The summed E-state index contributed by atoms with van der Waals surface area (Å²) in [5.41, 5.74) is 5.43. The van der Waals surface area contributed by atoms with E-state index in [0.717, 1.165) is 25.8 Å². The molecule has 2 aliphatic heterocycles. The van der Waals surface area contributed by atoms with Crippen molar-refractivity contribution in [2.24, 2.45) is 5.92 Å². The van der Waals surface area contributed by atoms with Gasteiger partial charge in [0.25, 0.3) is 0 Å². The molecule has 5 rings (SSSR count). The number of amides is 1. The van der Waals surface area contributed by atoms with Crippen LogP contribution in [0.5, 0.6) is 0 Å². The maximum Gasteiger partial charge on any atom is 0.223 e. The number of aromatic nitrogens is 1. The number of fused-ring (bicyclic) bond motifs is 3. The van der Waals surface area contributed by atoms with Crippen molar-refractivity contribution in [3.05, 3.63) is 35.0 Å². The average Bonchev–Trinajstić information content (AvgIpc) is 3.04. The van der Waals surface area contributed by atoms with E-state index in [0.29, 0.717) is 11.8 Å². The molecule has 1 N–H and O–H groups in total. The third kappa shape index (κ3) is 1.35. The SMILES string of the molecule is Cc1cccc2c3c([nH]c12)[C@@]12CCCC[C@@H]1CC(=O)N2CC3. The number of hydrogen-bond acceptors (Lipinski definition) is 1. The summed E-state index contributed by atoms with van der Waals surface area (Å²) < 4.78 is 0. The first-order valence-electron chi connectivity index (χ1n) is 8.63. The van der Waals surface area contributed by atoms with Crippen LogP contribution in [0, 0.1) is 12.8 Å². The molecule has 2 fully saturated rings. The second-order valence-electron chi connectivity index (χ2n) is 7.34. The van der Waals surface area contributed by atoms with Crippen molar-refractivity contribution in [2.45, 2.75) is 51.0 Å². The zero-order chi connectivity index (χ0) is 14.9. The highest BCUT2D eigenvalue weighted by Gasteiger charge is 2.57. The number of aromatic amines is 1. The van der Waals surface area contributed by atoms with Crippen molar-refractivity contribution in [1.29, 1.82) is 0 Å². The number of para-hydroxylation sites is 1. The molecule has 0 radical (unpaired) electrons. The summed E-state index contributed by atoms with van der Waals surface area (Å²) >= 11 is 0. The van der Waals surface area contributed by atoms with Crippen LogP contribution in [0.15, 0.2) is 18.2 Å². The highest BCUT2D eigenvalue weighted by molar-refractivity contribution is 5.90. The molecule has 1 aliphatic carbocycles. The monoisotopic (exact) mass is 294 g/mol. The quantitative estimate of drug-likeness (QED) is 0.791. The van der Waals surface area contributed by atoms with Crippen molar-refractivity contribution in [3.8, 4) is 0 Å². The van der Waals surface area contributed by atoms with Crippen molar-refractivity contribution >= 4 is 16.8 Å². The minimum absolute atomic E-state index is 0.0195. The summed E-state index contributed by atoms with van der Waals surface area (Å²) in [6.45, 7) is 3.08. The lowest BCUT2D eigenvalue weighted by Gasteiger charge is -2.48. The van der Waals surface area contributed by atoms with Crippen LogP contribution >= 0.6 is 0 Å². The molecule has 1 amide bonds. The van der Waals surface area contributed by atoms with E-state index in [1.807, 2.05) is 0 Å². The fourth-order valence-corrected chi connectivity index (χ4v) is 5.46. The lowest BCUT2D eigenvalue weighted by molar-refractivity contribution is -0.132. The van der Waals surface area contributed by atoms with Crippen LogP contribution < -0.4 is 0 Å². The van der Waals surface area contributed by atoms with Gasteiger partial charge in [0.2, 0.25) is 5.91 Å². The van der Waals surface area contributed by atoms with Gasteiger partial charge in [-0.25, -0.2) is 0 Å². The van der Waals surface area contributed by atoms with Gasteiger partial charge in [-0.05, 0) is 43.2 Å². The van der Waals surface area contributed by atoms with Crippen LogP contribution in [0.3, 0.4) is 0 Å². The van der Waals surface area contributed by atoms with E-state index in [9.17, 15) is 4.79 Å². The predicted molar refractivity (Wildman–Crippen MR) is 86.7 cm³/mol. The molecule has 3 nitrogen and oxygen atoms in total. The van der Waals surface area contributed by atoms with E-state index < -0.39 is 0 Å². The van der Waals surface area contributed by atoms with Crippen LogP contribution in [0.4, 0.5) is 0 Å². The molecular formula is C19H22N2O. The largest absolute Gasteiger partial charge is 0.356 e. The molecule has 22 heavy (non-hydrogen) atoms. The Morgan fingerprint density at radius 1 is 1.32 bits per heavy atom. The number of nitrogens with zero attached hydrogens (tertiary/aromatic N) is 1. The molecule has 1 aromatic carbocycles. The summed E-state index contributed by atoms with van der Waals surface area (Å²) in [6.07, 6.45) is 6.63. The van der Waals surface area contributed by atoms with Crippen molar-refractivity contribution in [1.82, 2.24) is 9.88 Å². The lowest BCUT2D eigenvalue weighted by Crippen LogP contribution is -2.52. The third-order valence-electron chi connectivity index (χ3n) is 6.41. The van der Waals surface area contributed by atoms with Gasteiger partial charge in [0.15, 0.2) is 0 Å². The normalized spacial score (nSPS) is 30.3. The van der Waals surface area contributed by atoms with Gasteiger partial charge in [0, 0.05) is 29.6 Å². The lowest BCUT2D eigenvalue weighted by atomic mass is 9.69. The van der Waals surface area contributed by atoms with Gasteiger partial charge in [0.1, 0.15) is 0 Å². The minimum atomic E-state index is -0.0195. The fourth-order valence-electron chi connectivity index (χ4n) is 5.46. The Morgan fingerprint density at radius 2 is 2.23 bits per heavy atom. The van der Waals surface area contributed by atoms with Gasteiger partial charge in [-0.1, -0.05) is 31.0 Å². The van der Waals surface area contributed by atoms with Gasteiger partial charge < -0.3 is 9.88 Å². The summed E-state index contributed by atoms with van der Waals surface area (Å²) in [5, 5.41) is 1.38. The molecule has 0 bridgehead atoms. The van der Waals surface area contributed by atoms with Crippen molar-refractivity contribution < 1.29 is 4.79 Å². The Hall–Kier alpha value is -1.77. The first-order chi connectivity index (χ1) is 10.7. The number of hydrogen-bond donors (Lipinski definition) is 1. The van der Waals surface area contributed by atoms with Gasteiger partial charge in [-0.3, -0.25) is 4.79 Å².